The fraction of sp³-hybridized carbons (Fsp3) is 0.400. The van der Waals surface area contributed by atoms with Crippen molar-refractivity contribution in [2.75, 3.05) is 64.7 Å². The van der Waals surface area contributed by atoms with Crippen LogP contribution < -0.4 is 10.2 Å². The lowest BCUT2D eigenvalue weighted by atomic mass is 10.0. The molecule has 2 aromatic carbocycles. The molecule has 1 aliphatic heterocycles. The summed E-state index contributed by atoms with van der Waals surface area (Å²) in [5.41, 5.74) is 2.50. The largest absolute Gasteiger partial charge is 0.382 e. The molecule has 1 amide bonds. The molecule has 7 nitrogen and oxygen atoms in total. The topological polar surface area (TPSA) is 83.8 Å². The third-order valence-corrected chi connectivity index (χ3v) is 7.53. The Hall–Kier alpha value is -3.22. The van der Waals surface area contributed by atoms with E-state index in [1.165, 1.54) is 35.7 Å². The number of nitriles is 1. The van der Waals surface area contributed by atoms with Crippen molar-refractivity contribution in [1.82, 2.24) is 5.32 Å². The van der Waals surface area contributed by atoms with Crippen molar-refractivity contribution in [2.24, 2.45) is 0 Å². The van der Waals surface area contributed by atoms with Gasteiger partial charge in [-0.25, -0.2) is 0 Å². The Morgan fingerprint density at radius 2 is 1.71 bits per heavy atom. The number of thiophene rings is 1. The van der Waals surface area contributed by atoms with E-state index in [1.807, 2.05) is 18.2 Å². The number of hydrogen-bond acceptors (Lipinski definition) is 7. The van der Waals surface area contributed by atoms with E-state index in [1.54, 1.807) is 24.5 Å². The average molecular weight is 534 g/mol. The van der Waals surface area contributed by atoms with E-state index in [2.05, 4.69) is 46.6 Å². The number of piperidine rings is 1. The second-order valence-electron chi connectivity index (χ2n) is 9.14. The van der Waals surface area contributed by atoms with Crippen molar-refractivity contribution < 1.29 is 19.0 Å². The molecule has 200 valence electrons. The second kappa shape index (κ2) is 14.6. The monoisotopic (exact) mass is 533 g/mol. The van der Waals surface area contributed by atoms with Gasteiger partial charge in [0.2, 0.25) is 0 Å². The highest BCUT2D eigenvalue weighted by molar-refractivity contribution is 7.16. The Morgan fingerprint density at radius 3 is 2.50 bits per heavy atom. The molecular formula is C30H35N3O4S. The maximum absolute atomic E-state index is 12.5. The number of hydrogen-bond donors (Lipinski definition) is 1. The number of rotatable bonds is 13. The van der Waals surface area contributed by atoms with Crippen LogP contribution in [-0.4, -0.2) is 65.7 Å². The zero-order chi connectivity index (χ0) is 26.6. The summed E-state index contributed by atoms with van der Waals surface area (Å²) in [6.45, 7) is 4.92. The van der Waals surface area contributed by atoms with Gasteiger partial charge in [-0.15, -0.1) is 11.3 Å². The highest BCUT2D eigenvalue weighted by atomic mass is 32.1. The van der Waals surface area contributed by atoms with Crippen LogP contribution in [0, 0.1) is 11.3 Å². The summed E-state index contributed by atoms with van der Waals surface area (Å²) in [5.74, 6) is -0.405. The molecule has 0 bridgehead atoms. The van der Waals surface area contributed by atoms with Gasteiger partial charge in [0, 0.05) is 42.2 Å². The van der Waals surface area contributed by atoms with Gasteiger partial charge in [0.15, 0.2) is 0 Å². The highest BCUT2D eigenvalue weighted by Crippen LogP contribution is 2.33. The van der Waals surface area contributed by atoms with Crippen molar-refractivity contribution in [3.05, 3.63) is 59.0 Å². The first-order valence-corrected chi connectivity index (χ1v) is 13.9. The predicted molar refractivity (Wildman–Crippen MR) is 153 cm³/mol. The van der Waals surface area contributed by atoms with Crippen molar-refractivity contribution >= 4 is 39.8 Å². The van der Waals surface area contributed by atoms with E-state index in [0.29, 0.717) is 39.6 Å². The minimum Gasteiger partial charge on any atom is -0.382 e. The van der Waals surface area contributed by atoms with E-state index in [-0.39, 0.29) is 5.57 Å². The van der Waals surface area contributed by atoms with Crippen molar-refractivity contribution in [3.8, 4) is 16.5 Å². The first kappa shape index (κ1) is 27.8. The molecule has 2 heterocycles. The number of ether oxygens (including phenoxy) is 3. The van der Waals surface area contributed by atoms with Crippen LogP contribution >= 0.6 is 11.3 Å². The van der Waals surface area contributed by atoms with Gasteiger partial charge < -0.3 is 24.4 Å². The van der Waals surface area contributed by atoms with Gasteiger partial charge in [-0.05, 0) is 72.0 Å². The standard InChI is InChI=1S/C30H35N3O4S/c1-35-15-16-37-18-17-36-14-11-32-30(34)26(22-31)21-28-9-10-29(38-28)25-6-5-24-20-27(8-7-23(24)19-25)33-12-3-2-4-13-33/h5-10,19-21H,2-4,11-18H2,1H3,(H,32,34)/b26-21+. The molecule has 3 aromatic rings. The Balaban J connectivity index is 1.32. The first-order chi connectivity index (χ1) is 18.7. The van der Waals surface area contributed by atoms with Gasteiger partial charge in [-0.3, -0.25) is 4.79 Å². The van der Waals surface area contributed by atoms with Gasteiger partial charge in [-0.2, -0.15) is 5.26 Å². The number of benzene rings is 2. The number of nitrogens with zero attached hydrogens (tertiary/aromatic N) is 2. The number of fused-ring (bicyclic) bond motifs is 1. The summed E-state index contributed by atoms with van der Waals surface area (Å²) in [5, 5.41) is 14.7. The summed E-state index contributed by atoms with van der Waals surface area (Å²) in [6.07, 6.45) is 5.50. The number of carbonyl (C=O) groups excluding carboxylic acids is 1. The molecule has 8 heteroatoms. The lowest BCUT2D eigenvalue weighted by Crippen LogP contribution is -2.29. The molecule has 1 fully saturated rings. The third kappa shape index (κ3) is 7.89. The Kier molecular flexibility index (Phi) is 10.7. The molecule has 38 heavy (non-hydrogen) atoms. The molecule has 1 aromatic heterocycles. The van der Waals surface area contributed by atoms with E-state index in [0.717, 1.165) is 28.4 Å². The van der Waals surface area contributed by atoms with E-state index in [4.69, 9.17) is 14.2 Å². The number of methoxy groups -OCH3 is 1. The van der Waals surface area contributed by atoms with Crippen molar-refractivity contribution in [3.63, 3.8) is 0 Å². The fourth-order valence-corrected chi connectivity index (χ4v) is 5.36. The van der Waals surface area contributed by atoms with Crippen LogP contribution in [0.25, 0.3) is 27.3 Å². The van der Waals surface area contributed by atoms with Gasteiger partial charge in [-0.1, -0.05) is 18.2 Å². The van der Waals surface area contributed by atoms with E-state index in [9.17, 15) is 10.1 Å². The van der Waals surface area contributed by atoms with Gasteiger partial charge in [0.25, 0.3) is 5.91 Å². The van der Waals surface area contributed by atoms with E-state index < -0.39 is 5.91 Å². The Morgan fingerprint density at radius 1 is 0.974 bits per heavy atom. The normalized spacial score (nSPS) is 14.0. The summed E-state index contributed by atoms with van der Waals surface area (Å²) < 4.78 is 15.7. The molecule has 0 radical (unpaired) electrons. The first-order valence-electron chi connectivity index (χ1n) is 13.1. The molecule has 0 spiro atoms. The van der Waals surface area contributed by atoms with Gasteiger partial charge in [0.1, 0.15) is 11.6 Å². The summed E-state index contributed by atoms with van der Waals surface area (Å²) in [6, 6.07) is 19.2. The van der Waals surface area contributed by atoms with Crippen LogP contribution in [0.3, 0.4) is 0 Å². The molecule has 4 rings (SSSR count). The predicted octanol–water partition coefficient (Wildman–Crippen LogP) is 5.26. The van der Waals surface area contributed by atoms with Crippen molar-refractivity contribution in [2.45, 2.75) is 19.3 Å². The maximum Gasteiger partial charge on any atom is 0.262 e. The smallest absolute Gasteiger partial charge is 0.262 e. The van der Waals surface area contributed by atoms with Crippen LogP contribution in [0.5, 0.6) is 0 Å². The molecule has 1 N–H and O–H groups in total. The number of carbonyl (C=O) groups is 1. The maximum atomic E-state index is 12.5. The molecular weight excluding hydrogens is 498 g/mol. The minimum atomic E-state index is -0.405. The van der Waals surface area contributed by atoms with Gasteiger partial charge in [0.05, 0.1) is 33.0 Å². The second-order valence-corrected chi connectivity index (χ2v) is 10.3. The summed E-state index contributed by atoms with van der Waals surface area (Å²) >= 11 is 1.56. The zero-order valence-corrected chi connectivity index (χ0v) is 22.7. The quantitative estimate of drug-likeness (QED) is 0.183. The Bertz CT molecular complexity index is 1270. The molecule has 0 aliphatic carbocycles. The van der Waals surface area contributed by atoms with Crippen LogP contribution in [0.1, 0.15) is 24.1 Å². The Labute approximate surface area is 228 Å². The van der Waals surface area contributed by atoms with Crippen LogP contribution in [-0.2, 0) is 19.0 Å². The molecule has 0 saturated carbocycles. The van der Waals surface area contributed by atoms with E-state index >= 15 is 0 Å². The van der Waals surface area contributed by atoms with Crippen LogP contribution in [0.2, 0.25) is 0 Å². The minimum absolute atomic E-state index is 0.0741. The molecule has 0 unspecified atom stereocenters. The molecule has 1 saturated heterocycles. The summed E-state index contributed by atoms with van der Waals surface area (Å²) in [4.78, 5) is 16.9. The van der Waals surface area contributed by atoms with Gasteiger partial charge >= 0.3 is 0 Å². The zero-order valence-electron chi connectivity index (χ0n) is 21.9. The highest BCUT2D eigenvalue weighted by Gasteiger charge is 2.13. The van der Waals surface area contributed by atoms with Crippen LogP contribution in [0.15, 0.2) is 54.1 Å². The lowest BCUT2D eigenvalue weighted by molar-refractivity contribution is -0.117. The van der Waals surface area contributed by atoms with Crippen LogP contribution in [0.4, 0.5) is 5.69 Å². The SMILES string of the molecule is COCCOCCOCCNC(=O)/C(C#N)=C/c1ccc(-c2ccc3cc(N4CCCCC4)ccc3c2)s1. The average Bonchev–Trinajstić information content (AvgIpc) is 3.43. The number of anilines is 1. The molecule has 0 atom stereocenters. The fourth-order valence-electron chi connectivity index (χ4n) is 4.41. The summed E-state index contributed by atoms with van der Waals surface area (Å²) in [7, 11) is 1.62. The number of amides is 1. The van der Waals surface area contributed by atoms with Crippen molar-refractivity contribution in [1.29, 1.82) is 5.26 Å². The third-order valence-electron chi connectivity index (χ3n) is 6.44. The number of nitrogens with one attached hydrogen (secondary N) is 1. The lowest BCUT2D eigenvalue weighted by Gasteiger charge is -2.29. The molecule has 1 aliphatic rings.